The van der Waals surface area contributed by atoms with Gasteiger partial charge in [-0.2, -0.15) is 0 Å². The van der Waals surface area contributed by atoms with Crippen LogP contribution in [0.2, 0.25) is 0 Å². The molecule has 12 heavy (non-hydrogen) atoms. The summed E-state index contributed by atoms with van der Waals surface area (Å²) in [5, 5.41) is 8.55. The van der Waals surface area contributed by atoms with Crippen LogP contribution in [0.5, 0.6) is 0 Å². The van der Waals surface area contributed by atoms with Gasteiger partial charge < -0.3 is 14.6 Å². The molecule has 1 N–H and O–H groups in total. The number of carbonyl (C=O) groups is 1. The normalized spacial score (nSPS) is 22.2. The van der Waals surface area contributed by atoms with Gasteiger partial charge in [0.2, 0.25) is 0 Å². The Labute approximate surface area is 70.8 Å². The second-order valence-corrected chi connectivity index (χ2v) is 2.65. The van der Waals surface area contributed by atoms with Crippen LogP contribution in [0.15, 0.2) is 12.2 Å². The molecule has 1 unspecified atom stereocenters. The third kappa shape index (κ3) is 2.32. The van der Waals surface area contributed by atoms with Crippen LogP contribution < -0.4 is 0 Å². The van der Waals surface area contributed by atoms with Gasteiger partial charge in [0, 0.05) is 6.42 Å². The molecule has 4 nitrogen and oxygen atoms in total. The first kappa shape index (κ1) is 9.22. The van der Waals surface area contributed by atoms with Crippen LogP contribution in [0.4, 0.5) is 0 Å². The second-order valence-electron chi connectivity index (χ2n) is 2.65. The zero-order chi connectivity index (χ0) is 8.97. The maximum absolute atomic E-state index is 11.0. The van der Waals surface area contributed by atoms with Gasteiger partial charge in [0.05, 0.1) is 25.4 Å². The van der Waals surface area contributed by atoms with E-state index in [0.717, 1.165) is 6.42 Å². The molecule has 4 heteroatoms. The quantitative estimate of drug-likeness (QED) is 0.476. The molecule has 1 rings (SSSR count). The number of hydrogen-bond acceptors (Lipinski definition) is 4. The molecular formula is C8H12O4. The Balaban J connectivity index is 2.29. The Bertz CT molecular complexity index is 181. The summed E-state index contributed by atoms with van der Waals surface area (Å²) < 4.78 is 9.94. The summed E-state index contributed by atoms with van der Waals surface area (Å²) in [4.78, 5) is 11.0. The van der Waals surface area contributed by atoms with Gasteiger partial charge in [0.15, 0.2) is 0 Å². The first-order chi connectivity index (χ1) is 5.74. The highest BCUT2D eigenvalue weighted by Gasteiger charge is 2.20. The summed E-state index contributed by atoms with van der Waals surface area (Å²) in [5.74, 6) is -0.534. The van der Waals surface area contributed by atoms with Crippen LogP contribution in [-0.2, 0) is 14.3 Å². The molecule has 0 amide bonds. The Hall–Kier alpha value is -0.870. The Kier molecular flexibility index (Phi) is 3.25. The maximum Gasteiger partial charge on any atom is 0.336 e. The fourth-order valence-electron chi connectivity index (χ4n) is 0.905. The molecule has 0 aliphatic carbocycles. The molecule has 68 valence electrons. The Morgan fingerprint density at radius 2 is 2.50 bits per heavy atom. The van der Waals surface area contributed by atoms with Crippen molar-refractivity contribution >= 4 is 5.97 Å². The molecule has 1 saturated heterocycles. The molecule has 0 aromatic rings. The van der Waals surface area contributed by atoms with E-state index in [0.29, 0.717) is 13.2 Å². The molecule has 0 aromatic carbocycles. The van der Waals surface area contributed by atoms with E-state index in [1.54, 1.807) is 0 Å². The summed E-state index contributed by atoms with van der Waals surface area (Å²) in [6.45, 7) is 4.07. The van der Waals surface area contributed by atoms with E-state index in [9.17, 15) is 4.79 Å². The summed E-state index contributed by atoms with van der Waals surface area (Å²) in [7, 11) is 0. The lowest BCUT2D eigenvalue weighted by molar-refractivity contribution is -0.144. The van der Waals surface area contributed by atoms with E-state index in [-0.39, 0.29) is 18.3 Å². The van der Waals surface area contributed by atoms with Crippen molar-refractivity contribution in [1.82, 2.24) is 0 Å². The lowest BCUT2D eigenvalue weighted by Gasteiger charge is -2.09. The molecule has 1 fully saturated rings. The van der Waals surface area contributed by atoms with Crippen LogP contribution in [0, 0.1) is 0 Å². The third-order valence-electron chi connectivity index (χ3n) is 1.64. The average Bonchev–Trinajstić information content (AvgIpc) is 2.55. The van der Waals surface area contributed by atoms with E-state index in [4.69, 9.17) is 14.6 Å². The van der Waals surface area contributed by atoms with Gasteiger partial charge in [-0.05, 0) is 0 Å². The Morgan fingerprint density at radius 1 is 1.75 bits per heavy atom. The Morgan fingerprint density at radius 3 is 3.00 bits per heavy atom. The first-order valence-electron chi connectivity index (χ1n) is 3.81. The maximum atomic E-state index is 11.0. The zero-order valence-electron chi connectivity index (χ0n) is 6.78. The average molecular weight is 172 g/mol. The SMILES string of the molecule is C=C(CO)C(=O)OC1CCOC1. The number of ether oxygens (including phenoxy) is 2. The summed E-state index contributed by atoms with van der Waals surface area (Å²) in [6.07, 6.45) is 0.561. The monoisotopic (exact) mass is 172 g/mol. The van der Waals surface area contributed by atoms with Gasteiger partial charge in [-0.1, -0.05) is 6.58 Å². The zero-order valence-corrected chi connectivity index (χ0v) is 6.78. The number of aliphatic hydroxyl groups is 1. The highest BCUT2D eigenvalue weighted by molar-refractivity contribution is 5.88. The molecular weight excluding hydrogens is 160 g/mol. The predicted molar refractivity (Wildman–Crippen MR) is 41.5 cm³/mol. The molecule has 0 bridgehead atoms. The molecule has 1 aliphatic heterocycles. The molecule has 0 aromatic heterocycles. The number of esters is 1. The third-order valence-corrected chi connectivity index (χ3v) is 1.64. The van der Waals surface area contributed by atoms with Crippen molar-refractivity contribution in [2.45, 2.75) is 12.5 Å². The largest absolute Gasteiger partial charge is 0.456 e. The first-order valence-corrected chi connectivity index (χ1v) is 3.81. The molecule has 1 aliphatic rings. The van der Waals surface area contributed by atoms with Crippen molar-refractivity contribution in [3.8, 4) is 0 Å². The van der Waals surface area contributed by atoms with Crippen molar-refractivity contribution < 1.29 is 19.4 Å². The van der Waals surface area contributed by atoms with E-state index in [1.165, 1.54) is 0 Å². The smallest absolute Gasteiger partial charge is 0.336 e. The highest BCUT2D eigenvalue weighted by Crippen LogP contribution is 2.09. The van der Waals surface area contributed by atoms with E-state index in [1.807, 2.05) is 0 Å². The van der Waals surface area contributed by atoms with Crippen LogP contribution >= 0.6 is 0 Å². The highest BCUT2D eigenvalue weighted by atomic mass is 16.6. The van der Waals surface area contributed by atoms with Gasteiger partial charge in [-0.15, -0.1) is 0 Å². The van der Waals surface area contributed by atoms with E-state index in [2.05, 4.69) is 6.58 Å². The van der Waals surface area contributed by atoms with Crippen LogP contribution in [0.25, 0.3) is 0 Å². The van der Waals surface area contributed by atoms with Gasteiger partial charge in [-0.3, -0.25) is 0 Å². The van der Waals surface area contributed by atoms with Gasteiger partial charge in [0.1, 0.15) is 6.10 Å². The summed E-state index contributed by atoms with van der Waals surface area (Å²) in [6, 6.07) is 0. The minimum Gasteiger partial charge on any atom is -0.456 e. The predicted octanol–water partition coefficient (Wildman–Crippen LogP) is -0.133. The van der Waals surface area contributed by atoms with Gasteiger partial charge in [0.25, 0.3) is 0 Å². The van der Waals surface area contributed by atoms with Gasteiger partial charge in [-0.25, -0.2) is 4.79 Å². The minimum absolute atomic E-state index is 0.0851. The summed E-state index contributed by atoms with van der Waals surface area (Å²) >= 11 is 0. The van der Waals surface area contributed by atoms with Crippen molar-refractivity contribution in [2.75, 3.05) is 19.8 Å². The van der Waals surface area contributed by atoms with E-state index < -0.39 is 5.97 Å². The number of rotatable bonds is 3. The topological polar surface area (TPSA) is 55.8 Å². The second kappa shape index (κ2) is 4.23. The molecule has 1 heterocycles. The fourth-order valence-corrected chi connectivity index (χ4v) is 0.905. The standard InChI is InChI=1S/C8H12O4/c1-6(4-9)8(10)12-7-2-3-11-5-7/h7,9H,1-5H2. The van der Waals surface area contributed by atoms with Crippen molar-refractivity contribution in [1.29, 1.82) is 0 Å². The van der Waals surface area contributed by atoms with Crippen molar-refractivity contribution in [2.24, 2.45) is 0 Å². The number of carbonyl (C=O) groups excluding carboxylic acids is 1. The fraction of sp³-hybridized carbons (Fsp3) is 0.625. The summed E-state index contributed by atoms with van der Waals surface area (Å²) in [5.41, 5.74) is 0.0851. The lowest BCUT2D eigenvalue weighted by atomic mass is 10.3. The van der Waals surface area contributed by atoms with Crippen LogP contribution in [0.1, 0.15) is 6.42 Å². The van der Waals surface area contributed by atoms with Gasteiger partial charge >= 0.3 is 5.97 Å². The van der Waals surface area contributed by atoms with Crippen LogP contribution in [-0.4, -0.2) is 37.0 Å². The lowest BCUT2D eigenvalue weighted by Crippen LogP contribution is -2.20. The van der Waals surface area contributed by atoms with E-state index >= 15 is 0 Å². The van der Waals surface area contributed by atoms with Crippen molar-refractivity contribution in [3.63, 3.8) is 0 Å². The molecule has 0 saturated carbocycles. The molecule has 0 radical (unpaired) electrons. The number of hydrogen-bond donors (Lipinski definition) is 1. The van der Waals surface area contributed by atoms with Crippen molar-refractivity contribution in [3.05, 3.63) is 12.2 Å². The number of aliphatic hydroxyl groups excluding tert-OH is 1. The minimum atomic E-state index is -0.534. The molecule has 1 atom stereocenters. The molecule has 0 spiro atoms. The van der Waals surface area contributed by atoms with Crippen LogP contribution in [0.3, 0.4) is 0 Å².